The van der Waals surface area contributed by atoms with Gasteiger partial charge in [-0.2, -0.15) is 5.26 Å². The highest BCUT2D eigenvalue weighted by Crippen LogP contribution is 2.34. The minimum absolute atomic E-state index is 0.314. The van der Waals surface area contributed by atoms with Gasteiger partial charge in [0.05, 0.1) is 6.07 Å². The smallest absolute Gasteiger partial charge is 0.184 e. The summed E-state index contributed by atoms with van der Waals surface area (Å²) in [5, 5.41) is 10.1. The molecule has 0 saturated carbocycles. The molecule has 1 atom stereocenters. The van der Waals surface area contributed by atoms with Crippen LogP contribution in [0.25, 0.3) is 0 Å². The molecule has 0 bridgehead atoms. The Morgan fingerprint density at radius 2 is 1.86 bits per heavy atom. The Labute approximate surface area is 141 Å². The predicted molar refractivity (Wildman–Crippen MR) is 88.0 cm³/mol. The van der Waals surface area contributed by atoms with Crippen molar-refractivity contribution in [1.82, 2.24) is 0 Å². The molecule has 2 aromatic carbocycles. The first-order valence-corrected chi connectivity index (χ1v) is 7.64. The van der Waals surface area contributed by atoms with Gasteiger partial charge in [-0.3, -0.25) is 4.79 Å². The Balaban J connectivity index is 2.55. The summed E-state index contributed by atoms with van der Waals surface area (Å²) in [7, 11) is 0. The first kappa shape index (κ1) is 16.0. The molecule has 21 heavy (non-hydrogen) atoms. The molecule has 0 amide bonds. The van der Waals surface area contributed by atoms with Crippen LogP contribution < -0.4 is 0 Å². The van der Waals surface area contributed by atoms with Gasteiger partial charge < -0.3 is 0 Å². The Hall–Kier alpha value is -1.34. The molecule has 0 heterocycles. The largest absolute Gasteiger partial charge is 0.292 e. The fourth-order valence-corrected chi connectivity index (χ4v) is 3.03. The summed E-state index contributed by atoms with van der Waals surface area (Å²) < 4.78 is 0.776. The van der Waals surface area contributed by atoms with Crippen LogP contribution in [0.1, 0.15) is 27.4 Å². The molecule has 0 saturated heterocycles. The molecule has 2 nitrogen and oxygen atoms in total. The average Bonchev–Trinajstić information content (AvgIpc) is 2.45. The SMILES string of the molecule is Cc1ccc(Br)cc1C(=O)C(C#N)c1c(Cl)cccc1Cl. The highest BCUT2D eigenvalue weighted by atomic mass is 79.9. The minimum atomic E-state index is -1.03. The third-order valence-electron chi connectivity index (χ3n) is 3.14. The van der Waals surface area contributed by atoms with Crippen LogP contribution in [-0.4, -0.2) is 5.78 Å². The quantitative estimate of drug-likeness (QED) is 0.652. The van der Waals surface area contributed by atoms with Crippen LogP contribution in [0.4, 0.5) is 0 Å². The third kappa shape index (κ3) is 3.29. The van der Waals surface area contributed by atoms with Gasteiger partial charge in [-0.05, 0) is 36.8 Å². The number of carbonyl (C=O) groups excluding carboxylic acids is 1. The van der Waals surface area contributed by atoms with Crippen LogP contribution in [0, 0.1) is 18.3 Å². The number of rotatable bonds is 3. The van der Waals surface area contributed by atoms with Crippen LogP contribution in [0.2, 0.25) is 10.0 Å². The summed E-state index contributed by atoms with van der Waals surface area (Å²) >= 11 is 15.6. The fourth-order valence-electron chi connectivity index (χ4n) is 2.06. The zero-order chi connectivity index (χ0) is 15.6. The van der Waals surface area contributed by atoms with E-state index in [1.807, 2.05) is 25.1 Å². The second-order valence-corrected chi connectivity index (χ2v) is 6.25. The monoisotopic (exact) mass is 381 g/mol. The number of hydrogen-bond donors (Lipinski definition) is 0. The Bertz CT molecular complexity index is 732. The van der Waals surface area contributed by atoms with Gasteiger partial charge in [0.2, 0.25) is 0 Å². The second kappa shape index (κ2) is 6.62. The number of halogens is 3. The van der Waals surface area contributed by atoms with Crippen molar-refractivity contribution in [2.24, 2.45) is 0 Å². The highest BCUT2D eigenvalue weighted by molar-refractivity contribution is 9.10. The molecule has 0 radical (unpaired) electrons. The number of benzene rings is 2. The number of ketones is 1. The van der Waals surface area contributed by atoms with E-state index in [0.29, 0.717) is 21.2 Å². The lowest BCUT2D eigenvalue weighted by atomic mass is 9.90. The fraction of sp³-hybridized carbons (Fsp3) is 0.125. The molecular weight excluding hydrogens is 373 g/mol. The van der Waals surface area contributed by atoms with Gasteiger partial charge in [0.1, 0.15) is 5.92 Å². The number of nitriles is 1. The van der Waals surface area contributed by atoms with Gasteiger partial charge in [-0.15, -0.1) is 0 Å². The standard InChI is InChI=1S/C16H10BrCl2NO/c1-9-5-6-10(17)7-11(9)16(21)12(8-20)15-13(18)3-2-4-14(15)19/h2-7,12H,1H3. The molecule has 1 unspecified atom stereocenters. The number of Topliss-reactive ketones (excluding diaryl/α,β-unsaturated/α-hetero) is 1. The maximum absolute atomic E-state index is 12.7. The Kier molecular flexibility index (Phi) is 5.05. The van der Waals surface area contributed by atoms with Crippen LogP contribution >= 0.6 is 39.1 Å². The zero-order valence-corrected chi connectivity index (χ0v) is 14.1. The summed E-state index contributed by atoms with van der Waals surface area (Å²) in [6.45, 7) is 1.82. The number of aryl methyl sites for hydroxylation is 1. The maximum atomic E-state index is 12.7. The summed E-state index contributed by atoms with van der Waals surface area (Å²) in [5.41, 5.74) is 1.63. The van der Waals surface area contributed by atoms with E-state index in [9.17, 15) is 10.1 Å². The molecule has 0 aliphatic rings. The van der Waals surface area contributed by atoms with Crippen molar-refractivity contribution in [2.45, 2.75) is 12.8 Å². The van der Waals surface area contributed by atoms with Gasteiger partial charge in [-0.25, -0.2) is 0 Å². The van der Waals surface area contributed by atoms with Crippen LogP contribution in [-0.2, 0) is 0 Å². The van der Waals surface area contributed by atoms with Crippen molar-refractivity contribution >= 4 is 44.9 Å². The van der Waals surface area contributed by atoms with E-state index in [2.05, 4.69) is 15.9 Å². The van der Waals surface area contributed by atoms with Gasteiger partial charge in [0.15, 0.2) is 5.78 Å². The summed E-state index contributed by atoms with van der Waals surface area (Å²) in [6, 6.07) is 12.3. The summed E-state index contributed by atoms with van der Waals surface area (Å²) in [6.07, 6.45) is 0. The minimum Gasteiger partial charge on any atom is -0.292 e. The van der Waals surface area contributed by atoms with Gasteiger partial charge in [0.25, 0.3) is 0 Å². The van der Waals surface area contributed by atoms with Gasteiger partial charge >= 0.3 is 0 Å². The summed E-state index contributed by atoms with van der Waals surface area (Å²) in [4.78, 5) is 12.7. The van der Waals surface area contributed by atoms with E-state index in [1.165, 1.54) is 0 Å². The molecule has 0 fully saturated rings. The number of carbonyl (C=O) groups is 1. The lowest BCUT2D eigenvalue weighted by molar-refractivity contribution is 0.0978. The molecule has 0 aromatic heterocycles. The first-order chi connectivity index (χ1) is 9.95. The maximum Gasteiger partial charge on any atom is 0.184 e. The molecule has 2 aromatic rings. The molecule has 0 aliphatic carbocycles. The molecule has 0 N–H and O–H groups in total. The molecule has 0 spiro atoms. The molecular formula is C16H10BrCl2NO. The number of nitrogens with zero attached hydrogens (tertiary/aromatic N) is 1. The van der Waals surface area contributed by atoms with Crippen molar-refractivity contribution < 1.29 is 4.79 Å². The van der Waals surface area contributed by atoms with Crippen molar-refractivity contribution in [3.63, 3.8) is 0 Å². The Morgan fingerprint density at radius 3 is 2.43 bits per heavy atom. The second-order valence-electron chi connectivity index (χ2n) is 4.52. The topological polar surface area (TPSA) is 40.9 Å². The van der Waals surface area contributed by atoms with E-state index in [0.717, 1.165) is 10.0 Å². The predicted octanol–water partition coefficient (Wildman–Crippen LogP) is 5.55. The van der Waals surface area contributed by atoms with Crippen molar-refractivity contribution in [3.8, 4) is 6.07 Å². The molecule has 5 heteroatoms. The van der Waals surface area contributed by atoms with Crippen molar-refractivity contribution in [3.05, 3.63) is 67.6 Å². The molecule has 106 valence electrons. The van der Waals surface area contributed by atoms with E-state index < -0.39 is 5.92 Å². The van der Waals surface area contributed by atoms with E-state index in [4.69, 9.17) is 23.2 Å². The van der Waals surface area contributed by atoms with E-state index in [1.54, 1.807) is 24.3 Å². The Morgan fingerprint density at radius 1 is 1.24 bits per heavy atom. The van der Waals surface area contributed by atoms with Gasteiger partial charge in [-0.1, -0.05) is 51.3 Å². The average molecular weight is 383 g/mol. The van der Waals surface area contributed by atoms with Crippen molar-refractivity contribution in [2.75, 3.05) is 0 Å². The van der Waals surface area contributed by atoms with Gasteiger partial charge in [0, 0.05) is 25.6 Å². The lowest BCUT2D eigenvalue weighted by Gasteiger charge is -2.14. The van der Waals surface area contributed by atoms with E-state index >= 15 is 0 Å². The van der Waals surface area contributed by atoms with E-state index in [-0.39, 0.29) is 5.78 Å². The molecule has 0 aliphatic heterocycles. The van der Waals surface area contributed by atoms with Crippen LogP contribution in [0.5, 0.6) is 0 Å². The van der Waals surface area contributed by atoms with Crippen molar-refractivity contribution in [1.29, 1.82) is 5.26 Å². The number of hydrogen-bond acceptors (Lipinski definition) is 2. The van der Waals surface area contributed by atoms with Crippen LogP contribution in [0.15, 0.2) is 40.9 Å². The third-order valence-corrected chi connectivity index (χ3v) is 4.30. The highest BCUT2D eigenvalue weighted by Gasteiger charge is 2.27. The normalized spacial score (nSPS) is 11.8. The first-order valence-electron chi connectivity index (χ1n) is 6.09. The summed E-state index contributed by atoms with van der Waals surface area (Å²) in [5.74, 6) is -1.34. The van der Waals surface area contributed by atoms with Crippen LogP contribution in [0.3, 0.4) is 0 Å². The lowest BCUT2D eigenvalue weighted by Crippen LogP contribution is -2.13. The molecule has 2 rings (SSSR count). The zero-order valence-electron chi connectivity index (χ0n) is 11.0.